The van der Waals surface area contributed by atoms with E-state index in [2.05, 4.69) is 35.0 Å². The SMILES string of the molecule is CCN1CCN(c2cc(C)c3cc(NC(=O)CSc4ccccc4)ccc3n2)CC1. The third-order valence-electron chi connectivity index (χ3n) is 5.54. The number of hydrogen-bond acceptors (Lipinski definition) is 5. The second kappa shape index (κ2) is 9.49. The van der Waals surface area contributed by atoms with Crippen LogP contribution in [0.1, 0.15) is 12.5 Å². The number of amides is 1. The summed E-state index contributed by atoms with van der Waals surface area (Å²) in [5.41, 5.74) is 2.97. The Bertz CT molecular complexity index is 1020. The molecule has 0 spiro atoms. The van der Waals surface area contributed by atoms with Gasteiger partial charge in [-0.25, -0.2) is 4.98 Å². The summed E-state index contributed by atoms with van der Waals surface area (Å²) in [6, 6.07) is 18.1. The maximum Gasteiger partial charge on any atom is 0.234 e. The molecule has 1 aliphatic heterocycles. The Morgan fingerprint density at radius 2 is 1.83 bits per heavy atom. The number of nitrogens with one attached hydrogen (secondary N) is 1. The number of hydrogen-bond donors (Lipinski definition) is 1. The van der Waals surface area contributed by atoms with Gasteiger partial charge in [-0.2, -0.15) is 0 Å². The van der Waals surface area contributed by atoms with Crippen molar-refractivity contribution in [2.24, 2.45) is 0 Å². The largest absolute Gasteiger partial charge is 0.354 e. The highest BCUT2D eigenvalue weighted by atomic mass is 32.2. The fourth-order valence-corrected chi connectivity index (χ4v) is 4.49. The Labute approximate surface area is 182 Å². The Balaban J connectivity index is 1.44. The molecule has 0 bridgehead atoms. The summed E-state index contributed by atoms with van der Waals surface area (Å²) in [7, 11) is 0. The Hall–Kier alpha value is -2.57. The molecule has 6 heteroatoms. The molecule has 2 heterocycles. The van der Waals surface area contributed by atoms with Gasteiger partial charge in [0.1, 0.15) is 5.82 Å². The first-order valence-corrected chi connectivity index (χ1v) is 11.5. The molecule has 0 aliphatic carbocycles. The lowest BCUT2D eigenvalue weighted by molar-refractivity contribution is -0.113. The van der Waals surface area contributed by atoms with E-state index in [1.54, 1.807) is 11.8 Å². The molecule has 0 atom stereocenters. The van der Waals surface area contributed by atoms with Crippen molar-refractivity contribution in [1.82, 2.24) is 9.88 Å². The van der Waals surface area contributed by atoms with E-state index in [9.17, 15) is 4.79 Å². The van der Waals surface area contributed by atoms with Crippen molar-refractivity contribution in [2.75, 3.05) is 48.7 Å². The molecule has 156 valence electrons. The van der Waals surface area contributed by atoms with E-state index in [1.807, 2.05) is 48.5 Å². The maximum atomic E-state index is 12.4. The molecule has 1 saturated heterocycles. The summed E-state index contributed by atoms with van der Waals surface area (Å²) in [6.07, 6.45) is 0. The van der Waals surface area contributed by atoms with Crippen molar-refractivity contribution in [3.8, 4) is 0 Å². The minimum atomic E-state index is -0.000712. The van der Waals surface area contributed by atoms with Crippen molar-refractivity contribution < 1.29 is 4.79 Å². The van der Waals surface area contributed by atoms with Gasteiger partial charge in [0.2, 0.25) is 5.91 Å². The lowest BCUT2D eigenvalue weighted by atomic mass is 10.1. The summed E-state index contributed by atoms with van der Waals surface area (Å²) >= 11 is 1.54. The minimum absolute atomic E-state index is 0.000712. The molecule has 1 N–H and O–H groups in total. The minimum Gasteiger partial charge on any atom is -0.354 e. The molecule has 3 aromatic rings. The number of aryl methyl sites for hydroxylation is 1. The average Bonchev–Trinajstić information content (AvgIpc) is 2.79. The van der Waals surface area contributed by atoms with Crippen LogP contribution in [0.4, 0.5) is 11.5 Å². The van der Waals surface area contributed by atoms with Gasteiger partial charge in [0, 0.05) is 42.1 Å². The number of rotatable bonds is 6. The second-order valence-corrected chi connectivity index (χ2v) is 8.65. The van der Waals surface area contributed by atoms with Crippen molar-refractivity contribution in [3.63, 3.8) is 0 Å². The fraction of sp³-hybridized carbons (Fsp3) is 0.333. The standard InChI is InChI=1S/C24H28N4OS/c1-3-27-11-13-28(14-12-27)23-15-18(2)21-16-19(9-10-22(21)26-23)25-24(29)17-30-20-7-5-4-6-8-20/h4-10,15-16H,3,11-14,17H2,1-2H3,(H,25,29). The number of nitrogens with zero attached hydrogens (tertiary/aromatic N) is 3. The van der Waals surface area contributed by atoms with Crippen LogP contribution in [0.5, 0.6) is 0 Å². The van der Waals surface area contributed by atoms with E-state index >= 15 is 0 Å². The monoisotopic (exact) mass is 420 g/mol. The van der Waals surface area contributed by atoms with Gasteiger partial charge in [-0.3, -0.25) is 4.79 Å². The van der Waals surface area contributed by atoms with Crippen molar-refractivity contribution >= 4 is 40.1 Å². The molecule has 0 radical (unpaired) electrons. The van der Waals surface area contributed by atoms with E-state index in [-0.39, 0.29) is 5.91 Å². The zero-order chi connectivity index (χ0) is 20.9. The summed E-state index contributed by atoms with van der Waals surface area (Å²) in [5, 5.41) is 4.10. The van der Waals surface area contributed by atoms with Crippen LogP contribution in [0, 0.1) is 6.92 Å². The normalized spacial score (nSPS) is 14.8. The van der Waals surface area contributed by atoms with Gasteiger partial charge in [0.05, 0.1) is 11.3 Å². The lowest BCUT2D eigenvalue weighted by Crippen LogP contribution is -2.46. The van der Waals surface area contributed by atoms with Gasteiger partial charge in [0.15, 0.2) is 0 Å². The highest BCUT2D eigenvalue weighted by Crippen LogP contribution is 2.26. The first-order chi connectivity index (χ1) is 14.6. The number of fused-ring (bicyclic) bond motifs is 1. The lowest BCUT2D eigenvalue weighted by Gasteiger charge is -2.35. The Morgan fingerprint density at radius 1 is 1.07 bits per heavy atom. The second-order valence-electron chi connectivity index (χ2n) is 7.60. The molecule has 1 aromatic heterocycles. The molecule has 4 rings (SSSR count). The third kappa shape index (κ3) is 4.94. The average molecular weight is 421 g/mol. The Morgan fingerprint density at radius 3 is 2.57 bits per heavy atom. The molecule has 2 aromatic carbocycles. The number of likely N-dealkylation sites (N-methyl/N-ethyl adjacent to an activating group) is 1. The molecule has 0 unspecified atom stereocenters. The number of anilines is 2. The van der Waals surface area contributed by atoms with Crippen LogP contribution in [-0.4, -0.2) is 54.3 Å². The number of carbonyl (C=O) groups excluding carboxylic acids is 1. The van der Waals surface area contributed by atoms with Crippen LogP contribution < -0.4 is 10.2 Å². The highest BCUT2D eigenvalue weighted by Gasteiger charge is 2.18. The predicted octanol–water partition coefficient (Wildman–Crippen LogP) is 4.42. The predicted molar refractivity (Wildman–Crippen MR) is 127 cm³/mol. The van der Waals surface area contributed by atoms with Gasteiger partial charge >= 0.3 is 0 Å². The number of aromatic nitrogens is 1. The van der Waals surface area contributed by atoms with Gasteiger partial charge < -0.3 is 15.1 Å². The third-order valence-corrected chi connectivity index (χ3v) is 6.55. The molecule has 0 saturated carbocycles. The molecule has 1 aliphatic rings. The number of thioether (sulfide) groups is 1. The van der Waals surface area contributed by atoms with Crippen molar-refractivity contribution in [3.05, 3.63) is 60.2 Å². The van der Waals surface area contributed by atoms with E-state index in [4.69, 9.17) is 4.98 Å². The van der Waals surface area contributed by atoms with Gasteiger partial charge in [0.25, 0.3) is 0 Å². The summed E-state index contributed by atoms with van der Waals surface area (Å²) in [5.74, 6) is 1.44. The number of pyridine rings is 1. The van der Waals surface area contributed by atoms with Crippen LogP contribution in [-0.2, 0) is 4.79 Å². The van der Waals surface area contributed by atoms with Crippen LogP contribution in [0.3, 0.4) is 0 Å². The summed E-state index contributed by atoms with van der Waals surface area (Å²) in [6.45, 7) is 9.63. The van der Waals surface area contributed by atoms with E-state index in [1.165, 1.54) is 5.56 Å². The van der Waals surface area contributed by atoms with Crippen molar-refractivity contribution in [2.45, 2.75) is 18.7 Å². The van der Waals surface area contributed by atoms with Gasteiger partial charge in [-0.15, -0.1) is 11.8 Å². The quantitative estimate of drug-likeness (QED) is 0.599. The fourth-order valence-electron chi connectivity index (χ4n) is 3.77. The molecular formula is C24H28N4OS. The topological polar surface area (TPSA) is 48.5 Å². The zero-order valence-electron chi connectivity index (χ0n) is 17.6. The molecule has 1 amide bonds. The molecular weight excluding hydrogens is 392 g/mol. The number of carbonyl (C=O) groups is 1. The molecule has 30 heavy (non-hydrogen) atoms. The van der Waals surface area contributed by atoms with Crippen LogP contribution in [0.15, 0.2) is 59.5 Å². The maximum absolute atomic E-state index is 12.4. The first kappa shape index (κ1) is 20.7. The van der Waals surface area contributed by atoms with Gasteiger partial charge in [-0.1, -0.05) is 25.1 Å². The van der Waals surface area contributed by atoms with Crippen LogP contribution >= 0.6 is 11.8 Å². The first-order valence-electron chi connectivity index (χ1n) is 10.5. The molecule has 1 fully saturated rings. The van der Waals surface area contributed by atoms with E-state index in [0.717, 1.165) is 60.0 Å². The summed E-state index contributed by atoms with van der Waals surface area (Å²) in [4.78, 5) is 23.2. The molecule has 5 nitrogen and oxygen atoms in total. The van der Waals surface area contributed by atoms with Crippen LogP contribution in [0.25, 0.3) is 10.9 Å². The zero-order valence-corrected chi connectivity index (χ0v) is 18.4. The van der Waals surface area contributed by atoms with Gasteiger partial charge in [-0.05, 0) is 55.4 Å². The number of piperazine rings is 1. The van der Waals surface area contributed by atoms with Crippen molar-refractivity contribution in [1.29, 1.82) is 0 Å². The smallest absolute Gasteiger partial charge is 0.234 e. The summed E-state index contributed by atoms with van der Waals surface area (Å²) < 4.78 is 0. The highest BCUT2D eigenvalue weighted by molar-refractivity contribution is 8.00. The van der Waals surface area contributed by atoms with E-state index < -0.39 is 0 Å². The number of benzene rings is 2. The van der Waals surface area contributed by atoms with E-state index in [0.29, 0.717) is 5.75 Å². The Kier molecular flexibility index (Phi) is 6.55. The van der Waals surface area contributed by atoms with Crippen LogP contribution in [0.2, 0.25) is 0 Å².